The van der Waals surface area contributed by atoms with Crippen LogP contribution in [-0.4, -0.2) is 77.2 Å². The van der Waals surface area contributed by atoms with Gasteiger partial charge in [-0.25, -0.2) is 0 Å². The van der Waals surface area contributed by atoms with Gasteiger partial charge >= 0.3 is 0 Å². The third-order valence-corrected chi connectivity index (χ3v) is 6.68. The van der Waals surface area contributed by atoms with E-state index in [-0.39, 0.29) is 23.2 Å². The topological polar surface area (TPSA) is 99.5 Å². The molecule has 34 heavy (non-hydrogen) atoms. The van der Waals surface area contributed by atoms with Gasteiger partial charge < -0.3 is 24.6 Å². The van der Waals surface area contributed by atoms with E-state index in [9.17, 15) is 19.8 Å². The van der Waals surface area contributed by atoms with E-state index < -0.39 is 17.7 Å². The number of fused-ring (bicyclic) bond motifs is 1. The average molecular weight is 465 g/mol. The number of phenols is 1. The number of aliphatic hydroxyl groups is 1. The smallest absolute Gasteiger partial charge is 0.295 e. The van der Waals surface area contributed by atoms with E-state index in [1.807, 2.05) is 13.0 Å². The molecule has 178 valence electrons. The van der Waals surface area contributed by atoms with Crippen LogP contribution in [0.4, 0.5) is 0 Å². The Labute approximate surface area is 198 Å². The number of benzene rings is 2. The molecule has 8 heteroatoms. The van der Waals surface area contributed by atoms with E-state index >= 15 is 0 Å². The Kier molecular flexibility index (Phi) is 6.02. The molecule has 2 unspecified atom stereocenters. The van der Waals surface area contributed by atoms with Crippen molar-refractivity contribution in [3.05, 3.63) is 64.7 Å². The Hall–Kier alpha value is -3.36. The number of likely N-dealkylation sites (tertiary alicyclic amines) is 1. The minimum absolute atomic E-state index is 0.0511. The van der Waals surface area contributed by atoms with Gasteiger partial charge in [0.05, 0.1) is 24.8 Å². The summed E-state index contributed by atoms with van der Waals surface area (Å²) in [4.78, 5) is 30.0. The molecule has 2 aromatic rings. The van der Waals surface area contributed by atoms with Crippen molar-refractivity contribution in [2.45, 2.75) is 25.5 Å². The van der Waals surface area contributed by atoms with Gasteiger partial charge in [-0.2, -0.15) is 0 Å². The van der Waals surface area contributed by atoms with Gasteiger partial charge in [0.15, 0.2) is 0 Å². The van der Waals surface area contributed by atoms with Crippen LogP contribution < -0.4 is 4.74 Å². The number of aliphatic hydroxyl groups excluding tert-OH is 1. The molecule has 5 rings (SSSR count). The van der Waals surface area contributed by atoms with E-state index in [1.54, 1.807) is 24.3 Å². The molecule has 3 aliphatic rings. The lowest BCUT2D eigenvalue weighted by atomic mass is 9.94. The Morgan fingerprint density at radius 2 is 1.79 bits per heavy atom. The van der Waals surface area contributed by atoms with Gasteiger partial charge in [0.25, 0.3) is 11.7 Å². The molecule has 2 atom stereocenters. The van der Waals surface area contributed by atoms with Crippen LogP contribution in [0.25, 0.3) is 5.76 Å². The Balaban J connectivity index is 1.53. The van der Waals surface area contributed by atoms with E-state index in [1.165, 1.54) is 17.0 Å². The molecule has 0 aliphatic carbocycles. The number of carbonyl (C=O) groups is 2. The number of nitrogens with zero attached hydrogens (tertiary/aromatic N) is 2. The minimum Gasteiger partial charge on any atom is -0.508 e. The highest BCUT2D eigenvalue weighted by Gasteiger charge is 2.46. The van der Waals surface area contributed by atoms with E-state index in [0.29, 0.717) is 43.9 Å². The van der Waals surface area contributed by atoms with Gasteiger partial charge in [-0.15, -0.1) is 0 Å². The van der Waals surface area contributed by atoms with Crippen molar-refractivity contribution in [3.8, 4) is 11.5 Å². The van der Waals surface area contributed by atoms with Crippen molar-refractivity contribution in [3.63, 3.8) is 0 Å². The zero-order valence-electron chi connectivity index (χ0n) is 19.1. The summed E-state index contributed by atoms with van der Waals surface area (Å²) in [6, 6.07) is 11.0. The molecule has 3 aliphatic heterocycles. The number of amides is 1. The zero-order chi connectivity index (χ0) is 23.8. The molecule has 1 amide bonds. The van der Waals surface area contributed by atoms with Crippen molar-refractivity contribution in [1.82, 2.24) is 9.80 Å². The summed E-state index contributed by atoms with van der Waals surface area (Å²) in [5.41, 5.74) is 2.15. The fourth-order valence-electron chi connectivity index (χ4n) is 4.91. The second kappa shape index (κ2) is 9.12. The van der Waals surface area contributed by atoms with E-state index in [2.05, 4.69) is 4.90 Å². The number of ketones is 1. The number of carbonyl (C=O) groups excluding carboxylic acids is 2. The number of hydrogen-bond acceptors (Lipinski definition) is 7. The SMILES string of the molecule is CC1Cc2cc(C(O)=C3C(=O)C(=O)N(CCN4CCOCC4)C3c3ccc(O)cc3)ccc2O1. The Bertz CT molecular complexity index is 1140. The lowest BCUT2D eigenvalue weighted by molar-refractivity contribution is -0.140. The fraction of sp³-hybridized carbons (Fsp3) is 0.385. The maximum absolute atomic E-state index is 13.2. The summed E-state index contributed by atoms with van der Waals surface area (Å²) < 4.78 is 11.1. The highest BCUT2D eigenvalue weighted by atomic mass is 16.5. The van der Waals surface area contributed by atoms with Crippen molar-refractivity contribution >= 4 is 17.4 Å². The number of ether oxygens (including phenoxy) is 2. The average Bonchev–Trinajstić information content (AvgIpc) is 3.34. The molecule has 2 saturated heterocycles. The molecule has 0 spiro atoms. The molecule has 0 aromatic heterocycles. The number of morpholine rings is 1. The quantitative estimate of drug-likeness (QED) is 0.398. The van der Waals surface area contributed by atoms with Crippen molar-refractivity contribution < 1.29 is 29.3 Å². The molecule has 2 N–H and O–H groups in total. The van der Waals surface area contributed by atoms with Gasteiger partial charge in [0.2, 0.25) is 0 Å². The van der Waals surface area contributed by atoms with E-state index in [4.69, 9.17) is 9.47 Å². The van der Waals surface area contributed by atoms with Gasteiger partial charge in [0, 0.05) is 38.2 Å². The summed E-state index contributed by atoms with van der Waals surface area (Å²) >= 11 is 0. The first-order valence-corrected chi connectivity index (χ1v) is 11.6. The first-order chi connectivity index (χ1) is 16.4. The maximum atomic E-state index is 13.2. The summed E-state index contributed by atoms with van der Waals surface area (Å²) in [7, 11) is 0. The number of phenolic OH excluding ortho intramolecular Hbond substituents is 1. The molecule has 0 radical (unpaired) electrons. The largest absolute Gasteiger partial charge is 0.508 e. The predicted octanol–water partition coefficient (Wildman–Crippen LogP) is 2.47. The van der Waals surface area contributed by atoms with Crippen molar-refractivity contribution in [1.29, 1.82) is 0 Å². The van der Waals surface area contributed by atoms with Crippen LogP contribution in [-0.2, 0) is 20.7 Å². The number of aromatic hydroxyl groups is 1. The van der Waals surface area contributed by atoms with Crippen LogP contribution in [0, 0.1) is 0 Å². The monoisotopic (exact) mass is 464 g/mol. The van der Waals surface area contributed by atoms with Gasteiger partial charge in [0.1, 0.15) is 23.4 Å². The zero-order valence-corrected chi connectivity index (χ0v) is 19.1. The number of rotatable bonds is 5. The standard InChI is InChI=1S/C26H28N2O6/c1-16-14-19-15-18(4-7-21(19)34-16)24(30)22-23(17-2-5-20(29)6-3-17)28(26(32)25(22)31)9-8-27-10-12-33-13-11-27/h2-7,15-16,23,29-30H,8-14H2,1H3. The molecule has 3 heterocycles. The van der Waals surface area contributed by atoms with Crippen LogP contribution in [0.5, 0.6) is 11.5 Å². The fourth-order valence-corrected chi connectivity index (χ4v) is 4.91. The normalized spacial score (nSPS) is 24.3. The van der Waals surface area contributed by atoms with Crippen LogP contribution in [0.2, 0.25) is 0 Å². The maximum Gasteiger partial charge on any atom is 0.295 e. The lowest BCUT2D eigenvalue weighted by Gasteiger charge is -2.31. The number of Topliss-reactive ketones (excluding diaryl/α,β-unsaturated/α-hetero) is 1. The minimum atomic E-state index is -0.745. The summed E-state index contributed by atoms with van der Waals surface area (Å²) in [6.07, 6.45) is 0.765. The summed E-state index contributed by atoms with van der Waals surface area (Å²) in [5.74, 6) is -0.687. The highest BCUT2D eigenvalue weighted by molar-refractivity contribution is 6.46. The van der Waals surface area contributed by atoms with E-state index in [0.717, 1.165) is 24.4 Å². The van der Waals surface area contributed by atoms with Crippen LogP contribution >= 0.6 is 0 Å². The third kappa shape index (κ3) is 4.15. The molecule has 2 aromatic carbocycles. The molecule has 8 nitrogen and oxygen atoms in total. The lowest BCUT2D eigenvalue weighted by Crippen LogP contribution is -2.42. The second-order valence-corrected chi connectivity index (χ2v) is 8.99. The molecule has 2 fully saturated rings. The van der Waals surface area contributed by atoms with Crippen LogP contribution in [0.15, 0.2) is 48.0 Å². The summed E-state index contributed by atoms with van der Waals surface area (Å²) in [5, 5.41) is 21.1. The summed E-state index contributed by atoms with van der Waals surface area (Å²) in [6.45, 7) is 5.72. The van der Waals surface area contributed by atoms with Crippen LogP contribution in [0.3, 0.4) is 0 Å². The predicted molar refractivity (Wildman–Crippen MR) is 125 cm³/mol. The first-order valence-electron chi connectivity index (χ1n) is 11.6. The Morgan fingerprint density at radius 1 is 1.06 bits per heavy atom. The molecule has 0 saturated carbocycles. The first kappa shape index (κ1) is 22.4. The number of hydrogen-bond donors (Lipinski definition) is 2. The van der Waals surface area contributed by atoms with Crippen molar-refractivity contribution in [2.75, 3.05) is 39.4 Å². The van der Waals surface area contributed by atoms with Gasteiger partial charge in [-0.1, -0.05) is 12.1 Å². The van der Waals surface area contributed by atoms with Gasteiger partial charge in [-0.05, 0) is 48.4 Å². The molecule has 0 bridgehead atoms. The third-order valence-electron chi connectivity index (χ3n) is 6.68. The molecular formula is C26H28N2O6. The van der Waals surface area contributed by atoms with Crippen LogP contribution in [0.1, 0.15) is 29.7 Å². The highest BCUT2D eigenvalue weighted by Crippen LogP contribution is 2.40. The Morgan fingerprint density at radius 3 is 2.53 bits per heavy atom. The van der Waals surface area contributed by atoms with Gasteiger partial charge in [-0.3, -0.25) is 14.5 Å². The molecular weight excluding hydrogens is 436 g/mol. The van der Waals surface area contributed by atoms with Crippen molar-refractivity contribution in [2.24, 2.45) is 0 Å². The second-order valence-electron chi connectivity index (χ2n) is 8.99.